The van der Waals surface area contributed by atoms with Crippen molar-refractivity contribution in [2.75, 3.05) is 13.1 Å². The first-order valence-corrected chi connectivity index (χ1v) is 4.69. The number of hydrogen-bond donors (Lipinski definition) is 1. The number of hydrogen-bond acceptors (Lipinski definition) is 2. The van der Waals surface area contributed by atoms with E-state index < -0.39 is 0 Å². The van der Waals surface area contributed by atoms with Crippen LogP contribution in [0, 0.1) is 5.41 Å². The maximum Gasteiger partial charge on any atom is 0.324 e. The molecule has 3 amide bonds. The predicted octanol–water partition coefficient (Wildman–Crippen LogP) is 0.728. The van der Waals surface area contributed by atoms with Gasteiger partial charge in [-0.1, -0.05) is 13.3 Å². The van der Waals surface area contributed by atoms with Crippen LogP contribution in [-0.2, 0) is 4.79 Å². The molecule has 0 spiro atoms. The summed E-state index contributed by atoms with van der Waals surface area (Å²) in [6.45, 7) is 2.90. The monoisotopic (exact) mass is 182 g/mol. The molecule has 1 N–H and O–H groups in total. The Morgan fingerprint density at radius 1 is 1.46 bits per heavy atom. The standard InChI is InChI=1S/C9H14N2O2/c1-9(3-2-4-9)6-11-7(12)5-10-8(11)13/h2-6H2,1H3,(H,10,13). The molecule has 2 rings (SSSR count). The summed E-state index contributed by atoms with van der Waals surface area (Å²) < 4.78 is 0. The van der Waals surface area contributed by atoms with Crippen LogP contribution in [0.4, 0.5) is 4.79 Å². The first-order chi connectivity index (χ1) is 6.11. The summed E-state index contributed by atoms with van der Waals surface area (Å²) in [4.78, 5) is 23.8. The third-order valence-electron chi connectivity index (χ3n) is 3.04. The summed E-state index contributed by atoms with van der Waals surface area (Å²) >= 11 is 0. The molecule has 1 aliphatic carbocycles. The number of nitrogens with one attached hydrogen (secondary N) is 1. The number of rotatable bonds is 2. The second-order valence-electron chi connectivity index (χ2n) is 4.30. The first-order valence-electron chi connectivity index (χ1n) is 4.69. The molecule has 2 fully saturated rings. The number of amides is 3. The van der Waals surface area contributed by atoms with Crippen LogP contribution in [0.15, 0.2) is 0 Å². The van der Waals surface area contributed by atoms with Gasteiger partial charge in [0.1, 0.15) is 0 Å². The minimum atomic E-state index is -0.224. The van der Waals surface area contributed by atoms with E-state index in [-0.39, 0.29) is 23.9 Å². The van der Waals surface area contributed by atoms with Gasteiger partial charge in [0.15, 0.2) is 0 Å². The van der Waals surface area contributed by atoms with Gasteiger partial charge in [0, 0.05) is 6.54 Å². The minimum Gasteiger partial charge on any atom is -0.329 e. The molecule has 0 atom stereocenters. The van der Waals surface area contributed by atoms with Gasteiger partial charge in [0.05, 0.1) is 6.54 Å². The second-order valence-corrected chi connectivity index (χ2v) is 4.30. The molecule has 13 heavy (non-hydrogen) atoms. The third kappa shape index (κ3) is 1.41. The van der Waals surface area contributed by atoms with Crippen LogP contribution in [0.25, 0.3) is 0 Å². The van der Waals surface area contributed by atoms with Gasteiger partial charge < -0.3 is 5.32 Å². The summed E-state index contributed by atoms with van der Waals surface area (Å²) in [5, 5.41) is 2.53. The molecule has 0 unspecified atom stereocenters. The zero-order valence-corrected chi connectivity index (χ0v) is 7.80. The number of carbonyl (C=O) groups is 2. The lowest BCUT2D eigenvalue weighted by Crippen LogP contribution is -2.43. The van der Waals surface area contributed by atoms with Crippen LogP contribution in [0.3, 0.4) is 0 Å². The summed E-state index contributed by atoms with van der Waals surface area (Å²) in [7, 11) is 0. The fraction of sp³-hybridized carbons (Fsp3) is 0.778. The van der Waals surface area contributed by atoms with Gasteiger partial charge in [0.2, 0.25) is 5.91 Å². The molecule has 2 aliphatic rings. The predicted molar refractivity (Wildman–Crippen MR) is 47.1 cm³/mol. The number of urea groups is 1. The summed E-state index contributed by atoms with van der Waals surface area (Å²) in [5.41, 5.74) is 0.192. The Bertz CT molecular complexity index is 242. The second kappa shape index (κ2) is 2.72. The van der Waals surface area contributed by atoms with Crippen LogP contribution >= 0.6 is 0 Å². The van der Waals surface area contributed by atoms with Crippen molar-refractivity contribution in [1.82, 2.24) is 10.2 Å². The Morgan fingerprint density at radius 3 is 2.54 bits per heavy atom. The normalized spacial score (nSPS) is 25.8. The van der Waals surface area contributed by atoms with E-state index in [0.717, 1.165) is 12.8 Å². The zero-order valence-electron chi connectivity index (χ0n) is 7.80. The van der Waals surface area contributed by atoms with Crippen LogP contribution in [0.5, 0.6) is 0 Å². The van der Waals surface area contributed by atoms with E-state index in [1.165, 1.54) is 11.3 Å². The lowest BCUT2D eigenvalue weighted by molar-refractivity contribution is -0.126. The van der Waals surface area contributed by atoms with Gasteiger partial charge in [0.25, 0.3) is 0 Å². The highest BCUT2D eigenvalue weighted by atomic mass is 16.2. The topological polar surface area (TPSA) is 49.4 Å². The van der Waals surface area contributed by atoms with Gasteiger partial charge in [-0.05, 0) is 18.3 Å². The Kier molecular flexibility index (Phi) is 1.78. The number of imide groups is 1. The molecule has 0 aromatic rings. The zero-order chi connectivity index (χ0) is 9.47. The van der Waals surface area contributed by atoms with E-state index in [1.54, 1.807) is 0 Å². The maximum atomic E-state index is 11.2. The van der Waals surface area contributed by atoms with E-state index in [1.807, 2.05) is 0 Å². The van der Waals surface area contributed by atoms with Crippen molar-refractivity contribution in [3.63, 3.8) is 0 Å². The smallest absolute Gasteiger partial charge is 0.324 e. The number of carbonyl (C=O) groups excluding carboxylic acids is 2. The van der Waals surface area contributed by atoms with Crippen molar-refractivity contribution < 1.29 is 9.59 Å². The van der Waals surface area contributed by atoms with Crippen molar-refractivity contribution >= 4 is 11.9 Å². The van der Waals surface area contributed by atoms with Crippen molar-refractivity contribution in [2.24, 2.45) is 5.41 Å². The Morgan fingerprint density at radius 2 is 2.15 bits per heavy atom. The third-order valence-corrected chi connectivity index (χ3v) is 3.04. The van der Waals surface area contributed by atoms with E-state index in [0.29, 0.717) is 6.54 Å². The average Bonchev–Trinajstić information content (AvgIpc) is 2.33. The largest absolute Gasteiger partial charge is 0.329 e. The highest BCUT2D eigenvalue weighted by molar-refractivity contribution is 6.01. The van der Waals surface area contributed by atoms with Crippen LogP contribution < -0.4 is 5.32 Å². The molecule has 1 saturated carbocycles. The molecular weight excluding hydrogens is 168 g/mol. The van der Waals surface area contributed by atoms with E-state index in [2.05, 4.69) is 12.2 Å². The fourth-order valence-corrected chi connectivity index (χ4v) is 1.94. The quantitative estimate of drug-likeness (QED) is 0.640. The molecule has 72 valence electrons. The minimum absolute atomic E-state index is 0.0851. The first kappa shape index (κ1) is 8.53. The molecule has 0 radical (unpaired) electrons. The van der Waals surface area contributed by atoms with Crippen LogP contribution in [0.2, 0.25) is 0 Å². The molecule has 1 heterocycles. The van der Waals surface area contributed by atoms with Gasteiger partial charge in [-0.15, -0.1) is 0 Å². The Labute approximate surface area is 77.3 Å². The van der Waals surface area contributed by atoms with Crippen molar-refractivity contribution in [3.05, 3.63) is 0 Å². The van der Waals surface area contributed by atoms with Gasteiger partial charge >= 0.3 is 6.03 Å². The van der Waals surface area contributed by atoms with E-state index >= 15 is 0 Å². The van der Waals surface area contributed by atoms with Gasteiger partial charge in [-0.25, -0.2) is 4.79 Å². The molecule has 1 saturated heterocycles. The lowest BCUT2D eigenvalue weighted by atomic mass is 9.70. The summed E-state index contributed by atoms with van der Waals surface area (Å²) in [6, 6.07) is -0.224. The maximum absolute atomic E-state index is 11.2. The van der Waals surface area contributed by atoms with Crippen LogP contribution in [0.1, 0.15) is 26.2 Å². The van der Waals surface area contributed by atoms with Crippen molar-refractivity contribution in [2.45, 2.75) is 26.2 Å². The SMILES string of the molecule is CC1(CN2C(=O)CNC2=O)CCC1. The highest BCUT2D eigenvalue weighted by Gasteiger charge is 2.39. The molecular formula is C9H14N2O2. The van der Waals surface area contributed by atoms with Gasteiger partial charge in [-0.3, -0.25) is 9.69 Å². The Hall–Kier alpha value is -1.06. The average molecular weight is 182 g/mol. The van der Waals surface area contributed by atoms with E-state index in [9.17, 15) is 9.59 Å². The lowest BCUT2D eigenvalue weighted by Gasteiger charge is -2.40. The molecule has 0 aromatic heterocycles. The van der Waals surface area contributed by atoms with Crippen molar-refractivity contribution in [1.29, 1.82) is 0 Å². The molecule has 1 aliphatic heterocycles. The Balaban J connectivity index is 2.00. The number of nitrogens with zero attached hydrogens (tertiary/aromatic N) is 1. The summed E-state index contributed by atoms with van der Waals surface area (Å²) in [5.74, 6) is -0.0851. The highest BCUT2D eigenvalue weighted by Crippen LogP contribution is 2.41. The fourth-order valence-electron chi connectivity index (χ4n) is 1.94. The van der Waals surface area contributed by atoms with Crippen molar-refractivity contribution in [3.8, 4) is 0 Å². The summed E-state index contributed by atoms with van der Waals surface area (Å²) in [6.07, 6.45) is 3.48. The molecule has 4 nitrogen and oxygen atoms in total. The molecule has 0 aromatic carbocycles. The molecule has 0 bridgehead atoms. The molecule has 4 heteroatoms. The van der Waals surface area contributed by atoms with Gasteiger partial charge in [-0.2, -0.15) is 0 Å². The van der Waals surface area contributed by atoms with E-state index in [4.69, 9.17) is 0 Å². The van der Waals surface area contributed by atoms with Crippen LogP contribution in [-0.4, -0.2) is 29.9 Å².